The van der Waals surface area contributed by atoms with Gasteiger partial charge in [0.15, 0.2) is 0 Å². The summed E-state index contributed by atoms with van der Waals surface area (Å²) < 4.78 is 0. The summed E-state index contributed by atoms with van der Waals surface area (Å²) in [6, 6.07) is 3.63. The Morgan fingerprint density at radius 3 is 2.69 bits per heavy atom. The number of nitrogens with one attached hydrogen (secondary N) is 1. The minimum Gasteiger partial charge on any atom is -0.342 e. The summed E-state index contributed by atoms with van der Waals surface area (Å²) in [6.45, 7) is 4.40. The smallest absolute Gasteiger partial charge is 0.107 e. The predicted octanol–water partition coefficient (Wildman–Crippen LogP) is 4.46. The molecule has 1 heterocycles. The first kappa shape index (κ1) is 11.7. The second kappa shape index (κ2) is 4.64. The first-order chi connectivity index (χ1) is 7.60. The molecule has 0 radical (unpaired) electrons. The quantitative estimate of drug-likeness (QED) is 0.864. The van der Waals surface area contributed by atoms with Crippen LogP contribution in [0, 0.1) is 5.92 Å². The summed E-state index contributed by atoms with van der Waals surface area (Å²) in [5.41, 5.74) is 1.83. The lowest BCUT2D eigenvalue weighted by molar-refractivity contribution is 0.547. The fourth-order valence-corrected chi connectivity index (χ4v) is 1.95. The number of imidazole rings is 1. The Hall–Kier alpha value is -0.730. The number of hydrogen-bond acceptors (Lipinski definition) is 1. The van der Waals surface area contributed by atoms with Crippen LogP contribution in [-0.4, -0.2) is 9.97 Å². The van der Waals surface area contributed by atoms with E-state index in [0.29, 0.717) is 16.0 Å². The molecule has 0 saturated heterocycles. The van der Waals surface area contributed by atoms with E-state index in [1.807, 2.05) is 6.07 Å². The molecule has 0 saturated carbocycles. The Bertz CT molecular complexity index is 466. The Balaban J connectivity index is 2.36. The molecular formula is C12H14Cl2N2. The number of halogens is 2. The fraction of sp³-hybridized carbons (Fsp3) is 0.417. The summed E-state index contributed by atoms with van der Waals surface area (Å²) in [5.74, 6) is 1.63. The van der Waals surface area contributed by atoms with Crippen LogP contribution in [0.1, 0.15) is 26.1 Å². The van der Waals surface area contributed by atoms with E-state index < -0.39 is 0 Å². The van der Waals surface area contributed by atoms with Crippen molar-refractivity contribution in [1.82, 2.24) is 9.97 Å². The molecule has 2 rings (SSSR count). The van der Waals surface area contributed by atoms with Gasteiger partial charge in [0.05, 0.1) is 21.1 Å². The van der Waals surface area contributed by atoms with Crippen LogP contribution < -0.4 is 0 Å². The summed E-state index contributed by atoms with van der Waals surface area (Å²) in [7, 11) is 0. The van der Waals surface area contributed by atoms with Crippen molar-refractivity contribution >= 4 is 34.2 Å². The molecule has 0 aliphatic rings. The van der Waals surface area contributed by atoms with Gasteiger partial charge in [0.1, 0.15) is 5.82 Å². The fourth-order valence-electron chi connectivity index (χ4n) is 1.63. The van der Waals surface area contributed by atoms with Crippen LogP contribution in [0.4, 0.5) is 0 Å². The number of aromatic amines is 1. The third-order valence-electron chi connectivity index (χ3n) is 2.81. The zero-order chi connectivity index (χ0) is 11.7. The zero-order valence-corrected chi connectivity index (χ0v) is 10.9. The van der Waals surface area contributed by atoms with Crippen molar-refractivity contribution in [2.24, 2.45) is 5.92 Å². The minimum absolute atomic E-state index is 0.552. The highest BCUT2D eigenvalue weighted by Crippen LogP contribution is 2.27. The Morgan fingerprint density at radius 2 is 2.00 bits per heavy atom. The summed E-state index contributed by atoms with van der Waals surface area (Å²) in [6.07, 6.45) is 2.11. The lowest BCUT2D eigenvalue weighted by Gasteiger charge is -2.03. The van der Waals surface area contributed by atoms with Crippen LogP contribution in [0.15, 0.2) is 12.1 Å². The number of fused-ring (bicyclic) bond motifs is 1. The van der Waals surface area contributed by atoms with E-state index in [4.69, 9.17) is 23.2 Å². The molecule has 4 heteroatoms. The van der Waals surface area contributed by atoms with Gasteiger partial charge in [0.25, 0.3) is 0 Å². The van der Waals surface area contributed by atoms with Gasteiger partial charge < -0.3 is 4.98 Å². The average Bonchev–Trinajstić information content (AvgIpc) is 2.60. The SMILES string of the molecule is CCC(C)Cc1nc2cc(Cl)c(Cl)cc2[nH]1. The standard InChI is InChI=1S/C12H14Cl2N2/c1-3-7(2)4-12-15-10-5-8(13)9(14)6-11(10)16-12/h5-7H,3-4H2,1-2H3,(H,15,16). The van der Waals surface area contributed by atoms with Crippen LogP contribution in [0.3, 0.4) is 0 Å². The summed E-state index contributed by atoms with van der Waals surface area (Å²) in [5, 5.41) is 1.11. The van der Waals surface area contributed by atoms with E-state index >= 15 is 0 Å². The molecule has 16 heavy (non-hydrogen) atoms. The number of nitrogens with zero attached hydrogens (tertiary/aromatic N) is 1. The molecule has 86 valence electrons. The lowest BCUT2D eigenvalue weighted by Crippen LogP contribution is -1.99. The molecule has 1 aromatic carbocycles. The molecule has 0 bridgehead atoms. The lowest BCUT2D eigenvalue weighted by atomic mass is 10.1. The number of H-pyrrole nitrogens is 1. The molecule has 1 aromatic heterocycles. The van der Waals surface area contributed by atoms with Crippen molar-refractivity contribution in [1.29, 1.82) is 0 Å². The highest BCUT2D eigenvalue weighted by Gasteiger charge is 2.08. The summed E-state index contributed by atoms with van der Waals surface area (Å²) >= 11 is 11.9. The maximum atomic E-state index is 5.95. The first-order valence-corrected chi connectivity index (χ1v) is 6.19. The largest absolute Gasteiger partial charge is 0.342 e. The number of hydrogen-bond donors (Lipinski definition) is 1. The molecule has 0 amide bonds. The van der Waals surface area contributed by atoms with Gasteiger partial charge in [0.2, 0.25) is 0 Å². The van der Waals surface area contributed by atoms with Crippen molar-refractivity contribution in [3.05, 3.63) is 28.0 Å². The molecule has 0 aliphatic carbocycles. The van der Waals surface area contributed by atoms with E-state index in [1.165, 1.54) is 0 Å². The molecule has 0 aliphatic heterocycles. The van der Waals surface area contributed by atoms with Gasteiger partial charge in [-0.3, -0.25) is 0 Å². The van der Waals surface area contributed by atoms with E-state index in [0.717, 1.165) is 29.7 Å². The van der Waals surface area contributed by atoms with Crippen LogP contribution in [0.5, 0.6) is 0 Å². The second-order valence-corrected chi connectivity index (χ2v) is 5.00. The minimum atomic E-state index is 0.552. The molecule has 2 aromatic rings. The highest BCUT2D eigenvalue weighted by atomic mass is 35.5. The van der Waals surface area contributed by atoms with Crippen molar-refractivity contribution in [3.63, 3.8) is 0 Å². The van der Waals surface area contributed by atoms with Crippen LogP contribution >= 0.6 is 23.2 Å². The molecule has 0 fully saturated rings. The van der Waals surface area contributed by atoms with Crippen LogP contribution in [0.2, 0.25) is 10.0 Å². The Morgan fingerprint density at radius 1 is 1.31 bits per heavy atom. The van der Waals surface area contributed by atoms with E-state index in [9.17, 15) is 0 Å². The van der Waals surface area contributed by atoms with Gasteiger partial charge in [-0.25, -0.2) is 4.98 Å². The maximum absolute atomic E-state index is 5.95. The van der Waals surface area contributed by atoms with Crippen molar-refractivity contribution in [3.8, 4) is 0 Å². The highest BCUT2D eigenvalue weighted by molar-refractivity contribution is 6.42. The van der Waals surface area contributed by atoms with Crippen LogP contribution in [0.25, 0.3) is 11.0 Å². The third-order valence-corrected chi connectivity index (χ3v) is 3.53. The molecule has 1 N–H and O–H groups in total. The molecule has 1 unspecified atom stereocenters. The number of rotatable bonds is 3. The van der Waals surface area contributed by atoms with E-state index in [-0.39, 0.29) is 0 Å². The van der Waals surface area contributed by atoms with Gasteiger partial charge in [-0.2, -0.15) is 0 Å². The van der Waals surface area contributed by atoms with Gasteiger partial charge in [-0.05, 0) is 18.1 Å². The van der Waals surface area contributed by atoms with E-state index in [2.05, 4.69) is 23.8 Å². The first-order valence-electron chi connectivity index (χ1n) is 5.43. The van der Waals surface area contributed by atoms with Crippen LogP contribution in [-0.2, 0) is 6.42 Å². The predicted molar refractivity (Wildman–Crippen MR) is 69.3 cm³/mol. The van der Waals surface area contributed by atoms with Gasteiger partial charge >= 0.3 is 0 Å². The third kappa shape index (κ3) is 2.33. The van der Waals surface area contributed by atoms with Gasteiger partial charge in [0, 0.05) is 6.42 Å². The zero-order valence-electron chi connectivity index (χ0n) is 9.35. The monoisotopic (exact) mass is 256 g/mol. The number of aromatic nitrogens is 2. The second-order valence-electron chi connectivity index (χ2n) is 4.18. The molecular weight excluding hydrogens is 243 g/mol. The van der Waals surface area contributed by atoms with Gasteiger partial charge in [-0.1, -0.05) is 43.5 Å². The van der Waals surface area contributed by atoms with Crippen molar-refractivity contribution in [2.75, 3.05) is 0 Å². The topological polar surface area (TPSA) is 28.7 Å². The van der Waals surface area contributed by atoms with Crippen molar-refractivity contribution < 1.29 is 0 Å². The van der Waals surface area contributed by atoms with Gasteiger partial charge in [-0.15, -0.1) is 0 Å². The average molecular weight is 257 g/mol. The van der Waals surface area contributed by atoms with E-state index in [1.54, 1.807) is 6.07 Å². The molecule has 1 atom stereocenters. The number of benzene rings is 1. The Kier molecular flexibility index (Phi) is 3.41. The molecule has 0 spiro atoms. The Labute approximate surface area is 105 Å². The van der Waals surface area contributed by atoms with Crippen molar-refractivity contribution in [2.45, 2.75) is 26.7 Å². The normalized spacial score (nSPS) is 13.2. The summed E-state index contributed by atoms with van der Waals surface area (Å²) in [4.78, 5) is 7.78. The maximum Gasteiger partial charge on any atom is 0.107 e. The molecule has 2 nitrogen and oxygen atoms in total.